The Morgan fingerprint density at radius 1 is 1.60 bits per heavy atom. The molecular formula is C7H11N3. The lowest BCUT2D eigenvalue weighted by Crippen LogP contribution is -1.83. The Morgan fingerprint density at radius 2 is 2.40 bits per heavy atom. The van der Waals surface area contributed by atoms with E-state index in [-0.39, 0.29) is 0 Å². The zero-order valence-electron chi connectivity index (χ0n) is 6.09. The summed E-state index contributed by atoms with van der Waals surface area (Å²) in [5.74, 6) is 2.72. The zero-order chi connectivity index (χ0) is 6.97. The van der Waals surface area contributed by atoms with Crippen LogP contribution in [0.1, 0.15) is 37.3 Å². The van der Waals surface area contributed by atoms with Gasteiger partial charge in [0.15, 0.2) is 5.82 Å². The molecule has 0 spiro atoms. The van der Waals surface area contributed by atoms with Crippen molar-refractivity contribution in [3.05, 3.63) is 11.6 Å². The highest BCUT2D eigenvalue weighted by Crippen LogP contribution is 2.37. The van der Waals surface area contributed by atoms with E-state index in [9.17, 15) is 0 Å². The van der Waals surface area contributed by atoms with Gasteiger partial charge in [-0.05, 0) is 12.8 Å². The Bertz CT molecular complexity index is 225. The molecule has 1 aromatic rings. The molecular weight excluding hydrogens is 126 g/mol. The van der Waals surface area contributed by atoms with Crippen molar-refractivity contribution in [3.8, 4) is 0 Å². The van der Waals surface area contributed by atoms with Gasteiger partial charge < -0.3 is 0 Å². The van der Waals surface area contributed by atoms with Crippen LogP contribution in [0.25, 0.3) is 0 Å². The topological polar surface area (TPSA) is 41.6 Å². The van der Waals surface area contributed by atoms with Crippen molar-refractivity contribution in [2.75, 3.05) is 0 Å². The van der Waals surface area contributed by atoms with E-state index in [2.05, 4.69) is 22.1 Å². The average Bonchev–Trinajstić information content (AvgIpc) is 2.70. The molecule has 1 fully saturated rings. The predicted molar refractivity (Wildman–Crippen MR) is 37.7 cm³/mol. The molecule has 1 aromatic heterocycles. The summed E-state index contributed by atoms with van der Waals surface area (Å²) in [6, 6.07) is 0. The van der Waals surface area contributed by atoms with Gasteiger partial charge in [0.05, 0.1) is 0 Å². The lowest BCUT2D eigenvalue weighted by atomic mass is 10.4. The molecule has 1 aliphatic rings. The molecule has 1 heterocycles. The minimum atomic E-state index is 0.677. The van der Waals surface area contributed by atoms with E-state index in [1.54, 1.807) is 0 Å². The van der Waals surface area contributed by atoms with Gasteiger partial charge in [0.25, 0.3) is 0 Å². The number of rotatable bonds is 2. The van der Waals surface area contributed by atoms with E-state index in [4.69, 9.17) is 0 Å². The summed E-state index contributed by atoms with van der Waals surface area (Å²) < 4.78 is 0. The van der Waals surface area contributed by atoms with Gasteiger partial charge in [-0.1, -0.05) is 6.92 Å². The Hall–Kier alpha value is -0.860. The number of H-pyrrole nitrogens is 1. The highest BCUT2D eigenvalue weighted by atomic mass is 15.2. The van der Waals surface area contributed by atoms with E-state index in [1.165, 1.54) is 12.8 Å². The largest absolute Gasteiger partial charge is 0.263 e. The molecule has 0 atom stereocenters. The van der Waals surface area contributed by atoms with Crippen molar-refractivity contribution in [2.45, 2.75) is 32.1 Å². The van der Waals surface area contributed by atoms with E-state index < -0.39 is 0 Å². The van der Waals surface area contributed by atoms with Gasteiger partial charge in [0, 0.05) is 12.3 Å². The first-order valence-electron chi connectivity index (χ1n) is 3.81. The smallest absolute Gasteiger partial charge is 0.153 e. The Morgan fingerprint density at radius 3 is 2.90 bits per heavy atom. The van der Waals surface area contributed by atoms with Gasteiger partial charge in [0.2, 0.25) is 0 Å². The summed E-state index contributed by atoms with van der Waals surface area (Å²) in [5.41, 5.74) is 0. The van der Waals surface area contributed by atoms with Crippen molar-refractivity contribution in [1.29, 1.82) is 0 Å². The molecule has 0 bridgehead atoms. The molecule has 0 aromatic carbocycles. The number of aryl methyl sites for hydroxylation is 1. The van der Waals surface area contributed by atoms with Gasteiger partial charge >= 0.3 is 0 Å². The molecule has 0 amide bonds. The van der Waals surface area contributed by atoms with Crippen LogP contribution >= 0.6 is 0 Å². The van der Waals surface area contributed by atoms with E-state index >= 15 is 0 Å². The van der Waals surface area contributed by atoms with Crippen LogP contribution in [0, 0.1) is 0 Å². The van der Waals surface area contributed by atoms with Crippen LogP contribution in [-0.2, 0) is 6.42 Å². The number of nitrogens with one attached hydrogen (secondary N) is 1. The quantitative estimate of drug-likeness (QED) is 0.666. The van der Waals surface area contributed by atoms with Gasteiger partial charge in [-0.15, -0.1) is 0 Å². The Balaban J connectivity index is 2.19. The van der Waals surface area contributed by atoms with Gasteiger partial charge in [-0.3, -0.25) is 5.10 Å². The molecule has 0 aliphatic heterocycles. The third-order valence-corrected chi connectivity index (χ3v) is 1.83. The number of hydrogen-bond acceptors (Lipinski definition) is 2. The summed E-state index contributed by atoms with van der Waals surface area (Å²) in [7, 11) is 0. The summed E-state index contributed by atoms with van der Waals surface area (Å²) in [5, 5.41) is 7.03. The third kappa shape index (κ3) is 0.916. The standard InChI is InChI=1S/C7H11N3/c1-2-6-8-7(10-9-6)5-3-4-5/h5H,2-4H2,1H3,(H,8,9,10). The maximum atomic E-state index is 4.32. The van der Waals surface area contributed by atoms with Gasteiger partial charge in [-0.2, -0.15) is 5.10 Å². The minimum absolute atomic E-state index is 0.677. The molecule has 3 nitrogen and oxygen atoms in total. The van der Waals surface area contributed by atoms with Crippen LogP contribution < -0.4 is 0 Å². The van der Waals surface area contributed by atoms with Gasteiger partial charge in [-0.25, -0.2) is 4.98 Å². The lowest BCUT2D eigenvalue weighted by molar-refractivity contribution is 0.930. The molecule has 0 unspecified atom stereocenters. The minimum Gasteiger partial charge on any atom is -0.263 e. The molecule has 1 aliphatic carbocycles. The average molecular weight is 137 g/mol. The SMILES string of the molecule is CCc1nc(C2CC2)n[nH]1. The maximum Gasteiger partial charge on any atom is 0.153 e. The summed E-state index contributed by atoms with van der Waals surface area (Å²) >= 11 is 0. The monoisotopic (exact) mass is 137 g/mol. The van der Waals surface area contributed by atoms with Crippen molar-refractivity contribution in [3.63, 3.8) is 0 Å². The second-order valence-electron chi connectivity index (χ2n) is 2.77. The van der Waals surface area contributed by atoms with Crippen molar-refractivity contribution < 1.29 is 0 Å². The van der Waals surface area contributed by atoms with Crippen LogP contribution in [0.3, 0.4) is 0 Å². The fraction of sp³-hybridized carbons (Fsp3) is 0.714. The first-order chi connectivity index (χ1) is 4.90. The summed E-state index contributed by atoms with van der Waals surface area (Å²) in [6.45, 7) is 2.08. The van der Waals surface area contributed by atoms with Crippen LogP contribution in [0.5, 0.6) is 0 Å². The molecule has 2 rings (SSSR count). The van der Waals surface area contributed by atoms with Crippen molar-refractivity contribution in [2.24, 2.45) is 0 Å². The van der Waals surface area contributed by atoms with E-state index in [0.717, 1.165) is 18.1 Å². The Kier molecular flexibility index (Phi) is 1.22. The molecule has 3 heteroatoms. The van der Waals surface area contributed by atoms with Crippen molar-refractivity contribution in [1.82, 2.24) is 15.2 Å². The molecule has 1 saturated carbocycles. The second kappa shape index (κ2) is 2.08. The number of nitrogens with zero attached hydrogens (tertiary/aromatic N) is 2. The normalized spacial score (nSPS) is 17.7. The summed E-state index contributed by atoms with van der Waals surface area (Å²) in [6.07, 6.45) is 3.52. The molecule has 1 N–H and O–H groups in total. The molecule has 0 saturated heterocycles. The summed E-state index contributed by atoms with van der Waals surface area (Å²) in [4.78, 5) is 4.32. The first-order valence-corrected chi connectivity index (χ1v) is 3.81. The number of hydrogen-bond donors (Lipinski definition) is 1. The number of aromatic amines is 1. The fourth-order valence-corrected chi connectivity index (χ4v) is 0.992. The van der Waals surface area contributed by atoms with Crippen LogP contribution in [-0.4, -0.2) is 15.2 Å². The lowest BCUT2D eigenvalue weighted by Gasteiger charge is -1.82. The molecule has 10 heavy (non-hydrogen) atoms. The third-order valence-electron chi connectivity index (χ3n) is 1.83. The highest BCUT2D eigenvalue weighted by Gasteiger charge is 2.27. The van der Waals surface area contributed by atoms with Gasteiger partial charge in [0.1, 0.15) is 5.82 Å². The molecule has 54 valence electrons. The fourth-order valence-electron chi connectivity index (χ4n) is 0.992. The second-order valence-corrected chi connectivity index (χ2v) is 2.77. The number of aromatic nitrogens is 3. The highest BCUT2D eigenvalue weighted by molar-refractivity contribution is 5.04. The first kappa shape index (κ1) is 5.89. The van der Waals surface area contributed by atoms with E-state index in [0.29, 0.717) is 5.92 Å². The van der Waals surface area contributed by atoms with Crippen LogP contribution in [0.15, 0.2) is 0 Å². The van der Waals surface area contributed by atoms with E-state index in [1.807, 2.05) is 0 Å². The van der Waals surface area contributed by atoms with Crippen LogP contribution in [0.2, 0.25) is 0 Å². The maximum absolute atomic E-state index is 4.32. The predicted octanol–water partition coefficient (Wildman–Crippen LogP) is 1.24. The zero-order valence-corrected chi connectivity index (χ0v) is 6.09. The van der Waals surface area contributed by atoms with Crippen molar-refractivity contribution >= 4 is 0 Å². The Labute approximate surface area is 59.9 Å². The van der Waals surface area contributed by atoms with Crippen LogP contribution in [0.4, 0.5) is 0 Å². The molecule has 0 radical (unpaired) electrons.